The van der Waals surface area contributed by atoms with E-state index in [1.54, 1.807) is 11.2 Å². The van der Waals surface area contributed by atoms with Crippen molar-refractivity contribution in [3.05, 3.63) is 54.0 Å². The van der Waals surface area contributed by atoms with Crippen LogP contribution in [-0.2, 0) is 4.79 Å². The van der Waals surface area contributed by atoms with Gasteiger partial charge in [-0.15, -0.1) is 0 Å². The normalized spacial score (nSPS) is 16.4. The second-order valence-corrected chi connectivity index (χ2v) is 7.81. The Hall–Kier alpha value is -2.11. The summed E-state index contributed by atoms with van der Waals surface area (Å²) < 4.78 is 5.70. The van der Waals surface area contributed by atoms with Crippen LogP contribution in [0.25, 0.3) is 0 Å². The molecule has 1 fully saturated rings. The number of carbonyl (C=O) groups is 1. The first-order valence-electron chi connectivity index (χ1n) is 10.2. The molecule has 3 rings (SSSR count). The summed E-state index contributed by atoms with van der Waals surface area (Å²) in [6.45, 7) is 7.96. The number of carbonyl (C=O) groups excluding carboxylic acids is 1. The van der Waals surface area contributed by atoms with Crippen LogP contribution in [0.5, 0.6) is 0 Å². The van der Waals surface area contributed by atoms with Gasteiger partial charge in [-0.25, -0.2) is 0 Å². The molecule has 0 radical (unpaired) electrons. The van der Waals surface area contributed by atoms with E-state index in [1.165, 1.54) is 37.9 Å². The Morgan fingerprint density at radius 2 is 1.93 bits per heavy atom. The van der Waals surface area contributed by atoms with Crippen molar-refractivity contribution >= 4 is 11.6 Å². The quantitative estimate of drug-likeness (QED) is 0.662. The molecular formula is C22H33N3O2+2. The van der Waals surface area contributed by atoms with Gasteiger partial charge >= 0.3 is 0 Å². The van der Waals surface area contributed by atoms with E-state index in [1.807, 2.05) is 24.3 Å². The van der Waals surface area contributed by atoms with Crippen LogP contribution in [-0.4, -0.2) is 32.1 Å². The summed E-state index contributed by atoms with van der Waals surface area (Å²) in [5.74, 6) is 1.47. The van der Waals surface area contributed by atoms with Crippen LogP contribution in [0.1, 0.15) is 56.4 Å². The Kier molecular flexibility index (Phi) is 7.07. The molecule has 1 aromatic heterocycles. The van der Waals surface area contributed by atoms with Gasteiger partial charge in [-0.1, -0.05) is 32.0 Å². The number of nitrogens with one attached hydrogen (secondary N) is 2. The van der Waals surface area contributed by atoms with Gasteiger partial charge in [0.2, 0.25) is 0 Å². The van der Waals surface area contributed by atoms with Crippen LogP contribution in [0, 0.1) is 0 Å². The number of quaternary nitrogens is 2. The lowest BCUT2D eigenvalue weighted by Crippen LogP contribution is -3.15. The van der Waals surface area contributed by atoms with Gasteiger partial charge in [-0.05, 0) is 48.9 Å². The molecule has 4 N–H and O–H groups in total. The highest BCUT2D eigenvalue weighted by atomic mass is 16.3. The fourth-order valence-electron chi connectivity index (χ4n) is 4.02. The molecule has 0 bridgehead atoms. The third-order valence-corrected chi connectivity index (χ3v) is 5.46. The number of amides is 1. The molecule has 0 spiro atoms. The van der Waals surface area contributed by atoms with Gasteiger partial charge in [-0.2, -0.15) is 0 Å². The maximum atomic E-state index is 12.5. The summed E-state index contributed by atoms with van der Waals surface area (Å²) in [4.78, 5) is 14.0. The molecule has 0 saturated carbocycles. The number of hydrogen-bond donors (Lipinski definition) is 3. The third kappa shape index (κ3) is 5.44. The van der Waals surface area contributed by atoms with Crippen molar-refractivity contribution in [2.24, 2.45) is 0 Å². The Balaban J connectivity index is 1.54. The number of nitrogens with two attached hydrogens (primary N) is 1. The summed E-state index contributed by atoms with van der Waals surface area (Å²) >= 11 is 0. The lowest BCUT2D eigenvalue weighted by atomic mass is 10.0. The van der Waals surface area contributed by atoms with Gasteiger partial charge < -0.3 is 20.0 Å². The largest absolute Gasteiger partial charge is 0.463 e. The summed E-state index contributed by atoms with van der Waals surface area (Å²) in [6.07, 6.45) is 5.63. The van der Waals surface area contributed by atoms with Crippen molar-refractivity contribution in [3.8, 4) is 0 Å². The summed E-state index contributed by atoms with van der Waals surface area (Å²) in [6, 6.07) is 12.4. The average Bonchev–Trinajstić information content (AvgIpc) is 3.20. The molecule has 1 atom stereocenters. The molecule has 1 aliphatic heterocycles. The SMILES string of the molecule is CC(C)c1ccccc1NC(=O)C[NH2+]C[C@@H](c1ccco1)[NH+]1CCCCC1. The van der Waals surface area contributed by atoms with E-state index in [4.69, 9.17) is 4.42 Å². The molecule has 0 unspecified atom stereocenters. The number of likely N-dealkylation sites (tertiary alicyclic amines) is 1. The minimum Gasteiger partial charge on any atom is -0.463 e. The minimum absolute atomic E-state index is 0.0509. The van der Waals surface area contributed by atoms with E-state index < -0.39 is 0 Å². The number of rotatable bonds is 8. The summed E-state index contributed by atoms with van der Waals surface area (Å²) in [5.41, 5.74) is 2.10. The molecule has 27 heavy (non-hydrogen) atoms. The van der Waals surface area contributed by atoms with E-state index in [-0.39, 0.29) is 5.91 Å². The van der Waals surface area contributed by atoms with Gasteiger partial charge in [0.1, 0.15) is 6.54 Å². The van der Waals surface area contributed by atoms with Crippen LogP contribution >= 0.6 is 0 Å². The molecule has 5 nitrogen and oxygen atoms in total. The molecule has 1 aliphatic rings. The van der Waals surface area contributed by atoms with Crippen molar-refractivity contribution < 1.29 is 19.4 Å². The summed E-state index contributed by atoms with van der Waals surface area (Å²) in [5, 5.41) is 5.19. The molecule has 1 aromatic carbocycles. The van der Waals surface area contributed by atoms with Crippen molar-refractivity contribution in [1.82, 2.24) is 0 Å². The van der Waals surface area contributed by atoms with Gasteiger partial charge in [0, 0.05) is 5.69 Å². The Morgan fingerprint density at radius 3 is 2.63 bits per heavy atom. The van der Waals surface area contributed by atoms with Crippen LogP contribution in [0.2, 0.25) is 0 Å². The lowest BCUT2D eigenvalue weighted by molar-refractivity contribution is -0.949. The predicted molar refractivity (Wildman–Crippen MR) is 107 cm³/mol. The number of anilines is 1. The van der Waals surface area contributed by atoms with E-state index in [2.05, 4.69) is 36.6 Å². The Labute approximate surface area is 162 Å². The first kappa shape index (κ1) is 19.6. The molecule has 5 heteroatoms. The topological polar surface area (TPSA) is 63.3 Å². The smallest absolute Gasteiger partial charge is 0.279 e. The molecule has 0 aliphatic carbocycles. The Bertz CT molecular complexity index is 706. The van der Waals surface area contributed by atoms with Crippen LogP contribution in [0.4, 0.5) is 5.69 Å². The van der Waals surface area contributed by atoms with E-state index in [9.17, 15) is 4.79 Å². The number of furan rings is 1. The second kappa shape index (κ2) is 9.72. The fourth-order valence-corrected chi connectivity index (χ4v) is 4.02. The van der Waals surface area contributed by atoms with Gasteiger partial charge in [0.15, 0.2) is 18.3 Å². The molecule has 146 valence electrons. The van der Waals surface area contributed by atoms with Crippen molar-refractivity contribution in [2.75, 3.05) is 31.5 Å². The zero-order chi connectivity index (χ0) is 19.1. The lowest BCUT2D eigenvalue weighted by Gasteiger charge is -2.29. The molecule has 1 saturated heterocycles. The standard InChI is InChI=1S/C22H31N3O2/c1-17(2)18-9-4-5-10-19(18)24-22(26)16-23-15-20(21-11-8-14-27-21)25-12-6-3-7-13-25/h4-5,8-11,14,17,20,23H,3,6-7,12-13,15-16H2,1-2H3,(H,24,26)/p+2/t20-/m0/s1. The zero-order valence-electron chi connectivity index (χ0n) is 16.5. The van der Waals surface area contributed by atoms with Crippen LogP contribution < -0.4 is 15.5 Å². The van der Waals surface area contributed by atoms with E-state index >= 15 is 0 Å². The maximum Gasteiger partial charge on any atom is 0.279 e. The Morgan fingerprint density at radius 1 is 1.15 bits per heavy atom. The fraction of sp³-hybridized carbons (Fsp3) is 0.500. The van der Waals surface area contributed by atoms with E-state index in [0.29, 0.717) is 18.5 Å². The number of benzene rings is 1. The third-order valence-electron chi connectivity index (χ3n) is 5.46. The number of hydrogen-bond acceptors (Lipinski definition) is 2. The predicted octanol–water partition coefficient (Wildman–Crippen LogP) is 1.72. The van der Waals surface area contributed by atoms with Crippen LogP contribution in [0.3, 0.4) is 0 Å². The highest BCUT2D eigenvalue weighted by Crippen LogP contribution is 2.23. The first-order valence-corrected chi connectivity index (χ1v) is 10.2. The highest BCUT2D eigenvalue weighted by Gasteiger charge is 2.29. The monoisotopic (exact) mass is 371 g/mol. The van der Waals surface area contributed by atoms with Crippen molar-refractivity contribution in [1.29, 1.82) is 0 Å². The average molecular weight is 372 g/mol. The van der Waals surface area contributed by atoms with Crippen molar-refractivity contribution in [2.45, 2.75) is 45.1 Å². The van der Waals surface area contributed by atoms with Crippen LogP contribution in [0.15, 0.2) is 47.1 Å². The van der Waals surface area contributed by atoms with Gasteiger partial charge in [-0.3, -0.25) is 4.79 Å². The van der Waals surface area contributed by atoms with E-state index in [0.717, 1.165) is 18.0 Å². The van der Waals surface area contributed by atoms with Gasteiger partial charge in [0.05, 0.1) is 19.4 Å². The minimum atomic E-state index is 0.0509. The molecule has 2 heterocycles. The number of para-hydroxylation sites is 1. The molecule has 1 amide bonds. The molecule has 2 aromatic rings. The second-order valence-electron chi connectivity index (χ2n) is 7.81. The first-order chi connectivity index (χ1) is 13.1. The van der Waals surface area contributed by atoms with Crippen molar-refractivity contribution in [3.63, 3.8) is 0 Å². The highest BCUT2D eigenvalue weighted by molar-refractivity contribution is 5.92. The number of piperidine rings is 1. The van der Waals surface area contributed by atoms with Gasteiger partial charge in [0.25, 0.3) is 5.91 Å². The molecular weight excluding hydrogens is 338 g/mol. The maximum absolute atomic E-state index is 12.5. The summed E-state index contributed by atoms with van der Waals surface area (Å²) in [7, 11) is 0. The zero-order valence-corrected chi connectivity index (χ0v) is 16.5.